The van der Waals surface area contributed by atoms with Gasteiger partial charge in [-0.2, -0.15) is 0 Å². The molecule has 0 saturated heterocycles. The van der Waals surface area contributed by atoms with Crippen LogP contribution in [0.1, 0.15) is 11.4 Å². The molecule has 2 aromatic heterocycles. The molecule has 0 saturated carbocycles. The number of benzene rings is 1. The Hall–Kier alpha value is -2.43. The van der Waals surface area contributed by atoms with Crippen molar-refractivity contribution in [1.29, 1.82) is 0 Å². The first-order valence-electron chi connectivity index (χ1n) is 8.66. The molecule has 8 nitrogen and oxygen atoms in total. The molecular weight excluding hydrogens is 398 g/mol. The molecular formula is C18H21N5O3S2. The molecule has 148 valence electrons. The predicted molar refractivity (Wildman–Crippen MR) is 111 cm³/mol. The molecule has 28 heavy (non-hydrogen) atoms. The van der Waals surface area contributed by atoms with Crippen molar-refractivity contribution in [1.82, 2.24) is 19.7 Å². The van der Waals surface area contributed by atoms with Crippen LogP contribution >= 0.6 is 23.1 Å². The highest BCUT2D eigenvalue weighted by molar-refractivity contribution is 7.99. The Morgan fingerprint density at radius 3 is 3.04 bits per heavy atom. The summed E-state index contributed by atoms with van der Waals surface area (Å²) in [7, 11) is 1.61. The Labute approximate surface area is 170 Å². The number of aromatic nitrogens is 4. The fraction of sp³-hybridized carbons (Fsp3) is 0.333. The van der Waals surface area contributed by atoms with Crippen LogP contribution < -0.4 is 11.0 Å². The number of H-pyrrole nitrogens is 1. The second-order valence-electron chi connectivity index (χ2n) is 5.98. The molecule has 0 aliphatic rings. The molecule has 0 spiro atoms. The van der Waals surface area contributed by atoms with Gasteiger partial charge in [0.15, 0.2) is 5.16 Å². The van der Waals surface area contributed by atoms with Crippen molar-refractivity contribution in [3.8, 4) is 11.3 Å². The van der Waals surface area contributed by atoms with Gasteiger partial charge in [-0.15, -0.1) is 16.4 Å². The highest BCUT2D eigenvalue weighted by Gasteiger charge is 2.12. The van der Waals surface area contributed by atoms with Crippen LogP contribution in [0.15, 0.2) is 39.6 Å². The Bertz CT molecular complexity index is 995. The minimum atomic E-state index is -0.287. The topological polar surface area (TPSA) is 102 Å². The summed E-state index contributed by atoms with van der Waals surface area (Å²) in [6.07, 6.45) is 0.693. The van der Waals surface area contributed by atoms with Gasteiger partial charge in [0.1, 0.15) is 0 Å². The van der Waals surface area contributed by atoms with Crippen LogP contribution in [0, 0.1) is 6.92 Å². The molecule has 0 atom stereocenters. The lowest BCUT2D eigenvalue weighted by Crippen LogP contribution is -2.19. The molecule has 3 rings (SSSR count). The number of thioether (sulfide) groups is 1. The van der Waals surface area contributed by atoms with Gasteiger partial charge in [0, 0.05) is 36.9 Å². The van der Waals surface area contributed by atoms with E-state index in [-0.39, 0.29) is 17.3 Å². The van der Waals surface area contributed by atoms with E-state index in [0.717, 1.165) is 16.3 Å². The molecule has 0 radical (unpaired) electrons. The number of anilines is 1. The maximum absolute atomic E-state index is 12.3. The van der Waals surface area contributed by atoms with Crippen molar-refractivity contribution < 1.29 is 9.53 Å². The standard InChI is InChI=1S/C18H21N5O3S2/c1-12-19-15(10-27-12)13-5-3-6-14(9-13)20-16(24)11-28-18-22-21-17(25)23(18)7-4-8-26-2/h3,5-6,9-10H,4,7-8,11H2,1-2H3,(H,20,24)(H,21,25). The van der Waals surface area contributed by atoms with E-state index in [1.807, 2.05) is 36.6 Å². The second kappa shape index (κ2) is 9.67. The number of ether oxygens (including phenoxy) is 1. The van der Waals surface area contributed by atoms with Gasteiger partial charge in [0.2, 0.25) is 5.91 Å². The van der Waals surface area contributed by atoms with Crippen LogP contribution in [0.25, 0.3) is 11.3 Å². The molecule has 1 amide bonds. The minimum Gasteiger partial charge on any atom is -0.385 e. The van der Waals surface area contributed by atoms with Gasteiger partial charge in [-0.25, -0.2) is 14.9 Å². The average molecular weight is 420 g/mol. The van der Waals surface area contributed by atoms with Crippen LogP contribution in [0.5, 0.6) is 0 Å². The van der Waals surface area contributed by atoms with Crippen LogP contribution in [0.2, 0.25) is 0 Å². The minimum absolute atomic E-state index is 0.147. The maximum Gasteiger partial charge on any atom is 0.343 e. The summed E-state index contributed by atoms with van der Waals surface area (Å²) in [5, 5.41) is 12.8. The Kier molecular flexibility index (Phi) is 7.01. The van der Waals surface area contributed by atoms with Crippen molar-refractivity contribution in [2.75, 3.05) is 24.8 Å². The molecule has 2 N–H and O–H groups in total. The zero-order valence-corrected chi connectivity index (χ0v) is 17.2. The number of rotatable bonds is 9. The summed E-state index contributed by atoms with van der Waals surface area (Å²) < 4.78 is 6.52. The summed E-state index contributed by atoms with van der Waals surface area (Å²) in [5.74, 6) is -0.0234. The summed E-state index contributed by atoms with van der Waals surface area (Å²) in [6, 6.07) is 7.57. The van der Waals surface area contributed by atoms with Gasteiger partial charge in [-0.3, -0.25) is 9.36 Å². The number of hydrogen-bond acceptors (Lipinski definition) is 7. The Balaban J connectivity index is 1.59. The fourth-order valence-electron chi connectivity index (χ4n) is 2.56. The molecule has 0 unspecified atom stereocenters. The number of aryl methyl sites for hydroxylation is 1. The smallest absolute Gasteiger partial charge is 0.343 e. The van der Waals surface area contributed by atoms with E-state index in [0.29, 0.717) is 30.4 Å². The highest BCUT2D eigenvalue weighted by atomic mass is 32.2. The third-order valence-electron chi connectivity index (χ3n) is 3.85. The largest absolute Gasteiger partial charge is 0.385 e. The maximum atomic E-state index is 12.3. The molecule has 0 bridgehead atoms. The molecule has 10 heteroatoms. The van der Waals surface area contributed by atoms with Gasteiger partial charge in [-0.05, 0) is 25.5 Å². The zero-order chi connectivity index (χ0) is 19.9. The summed E-state index contributed by atoms with van der Waals surface area (Å²) in [5.41, 5.74) is 2.26. The van der Waals surface area contributed by atoms with Crippen LogP contribution in [-0.4, -0.2) is 45.1 Å². The van der Waals surface area contributed by atoms with Gasteiger partial charge in [-0.1, -0.05) is 23.9 Å². The Morgan fingerprint density at radius 1 is 1.43 bits per heavy atom. The van der Waals surface area contributed by atoms with Gasteiger partial charge in [0.25, 0.3) is 0 Å². The normalized spacial score (nSPS) is 10.9. The first-order chi connectivity index (χ1) is 13.6. The number of nitrogens with one attached hydrogen (secondary N) is 2. The third kappa shape index (κ3) is 5.31. The molecule has 1 aromatic carbocycles. The van der Waals surface area contributed by atoms with E-state index in [9.17, 15) is 9.59 Å². The number of nitrogens with zero attached hydrogens (tertiary/aromatic N) is 3. The van der Waals surface area contributed by atoms with E-state index < -0.39 is 0 Å². The number of methoxy groups -OCH3 is 1. The number of carbonyl (C=O) groups is 1. The number of hydrogen-bond donors (Lipinski definition) is 2. The van der Waals surface area contributed by atoms with Gasteiger partial charge >= 0.3 is 5.69 Å². The van der Waals surface area contributed by atoms with Crippen molar-refractivity contribution >= 4 is 34.7 Å². The number of carbonyl (C=O) groups excluding carboxylic acids is 1. The summed E-state index contributed by atoms with van der Waals surface area (Å²) in [6.45, 7) is 3.00. The first-order valence-corrected chi connectivity index (χ1v) is 10.5. The Morgan fingerprint density at radius 2 is 2.29 bits per heavy atom. The second-order valence-corrected chi connectivity index (χ2v) is 7.98. The SMILES string of the molecule is COCCCn1c(SCC(=O)Nc2cccc(-c3csc(C)n3)c2)n[nH]c1=O. The van der Waals surface area contributed by atoms with E-state index in [1.54, 1.807) is 18.4 Å². The van der Waals surface area contributed by atoms with Crippen LogP contribution in [0.4, 0.5) is 5.69 Å². The monoisotopic (exact) mass is 419 g/mol. The lowest BCUT2D eigenvalue weighted by atomic mass is 10.1. The zero-order valence-electron chi connectivity index (χ0n) is 15.6. The molecule has 0 aliphatic heterocycles. The summed E-state index contributed by atoms with van der Waals surface area (Å²) >= 11 is 2.80. The highest BCUT2D eigenvalue weighted by Crippen LogP contribution is 2.24. The van der Waals surface area contributed by atoms with Crippen molar-refractivity contribution in [2.24, 2.45) is 0 Å². The third-order valence-corrected chi connectivity index (χ3v) is 5.60. The van der Waals surface area contributed by atoms with E-state index in [4.69, 9.17) is 4.74 Å². The first kappa shape index (κ1) is 20.3. The van der Waals surface area contributed by atoms with Crippen molar-refractivity contribution in [2.45, 2.75) is 25.0 Å². The quantitative estimate of drug-likeness (QED) is 0.408. The molecule has 3 aromatic rings. The number of aromatic amines is 1. The molecule has 0 aliphatic carbocycles. The van der Waals surface area contributed by atoms with Crippen LogP contribution in [-0.2, 0) is 16.1 Å². The number of thiazole rings is 1. The van der Waals surface area contributed by atoms with Crippen molar-refractivity contribution in [3.05, 3.63) is 45.1 Å². The van der Waals surface area contributed by atoms with E-state index in [2.05, 4.69) is 20.5 Å². The van der Waals surface area contributed by atoms with Gasteiger partial charge in [0.05, 0.1) is 16.5 Å². The van der Waals surface area contributed by atoms with Crippen molar-refractivity contribution in [3.63, 3.8) is 0 Å². The average Bonchev–Trinajstić information content (AvgIpc) is 3.27. The van der Waals surface area contributed by atoms with Crippen LogP contribution in [0.3, 0.4) is 0 Å². The van der Waals surface area contributed by atoms with E-state index >= 15 is 0 Å². The number of amides is 1. The molecule has 2 heterocycles. The molecule has 0 fully saturated rings. The van der Waals surface area contributed by atoms with Gasteiger partial charge < -0.3 is 10.1 Å². The fourth-order valence-corrected chi connectivity index (χ4v) is 3.95. The summed E-state index contributed by atoms with van der Waals surface area (Å²) in [4.78, 5) is 28.6. The lowest BCUT2D eigenvalue weighted by Gasteiger charge is -2.07. The predicted octanol–water partition coefficient (Wildman–Crippen LogP) is 2.77. The lowest BCUT2D eigenvalue weighted by molar-refractivity contribution is -0.113. The van der Waals surface area contributed by atoms with E-state index in [1.165, 1.54) is 16.3 Å².